The molecule has 2 N–H and O–H groups in total. The monoisotopic (exact) mass is 376 g/mol. The number of aryl methyl sites for hydroxylation is 1. The number of nitrogens with zero attached hydrogens (tertiary/aromatic N) is 3. The van der Waals surface area contributed by atoms with Crippen molar-refractivity contribution in [2.45, 2.75) is 20.0 Å². The normalized spacial score (nSPS) is 11.7. The summed E-state index contributed by atoms with van der Waals surface area (Å²) < 4.78 is 23.7. The minimum atomic E-state index is -0.328. The highest BCUT2D eigenvalue weighted by Gasteiger charge is 2.17. The van der Waals surface area contributed by atoms with Gasteiger partial charge in [0.2, 0.25) is 0 Å². The zero-order valence-electron chi connectivity index (χ0n) is 14.0. The molecule has 26 heavy (non-hydrogen) atoms. The van der Waals surface area contributed by atoms with Crippen molar-refractivity contribution in [1.29, 1.82) is 0 Å². The summed E-state index contributed by atoms with van der Waals surface area (Å²) in [5.41, 5.74) is 3.50. The first-order valence-corrected chi connectivity index (χ1v) is 8.72. The summed E-state index contributed by atoms with van der Waals surface area (Å²) >= 11 is 1.67. The Morgan fingerprint density at radius 1 is 1.38 bits per heavy atom. The van der Waals surface area contributed by atoms with E-state index in [4.69, 9.17) is 9.37 Å². The Morgan fingerprint density at radius 3 is 3.00 bits per heavy atom. The highest BCUT2D eigenvalue weighted by Crippen LogP contribution is 2.18. The molecule has 0 aliphatic carbocycles. The van der Waals surface area contributed by atoms with E-state index in [0.29, 0.717) is 23.6 Å². The lowest BCUT2D eigenvalue weighted by atomic mass is 10.2. The summed E-state index contributed by atoms with van der Waals surface area (Å²) in [4.78, 5) is 5.45. The summed E-state index contributed by atoms with van der Waals surface area (Å²) in [5.74, 6) is -0.292. The van der Waals surface area contributed by atoms with Crippen LogP contribution in [0.15, 0.2) is 45.3 Å². The second-order valence-corrected chi connectivity index (χ2v) is 6.48. The summed E-state index contributed by atoms with van der Waals surface area (Å²) in [6.07, 6.45) is 0.798. The number of nitrogens with one attached hydrogen (secondary N) is 1. The van der Waals surface area contributed by atoms with Gasteiger partial charge in [-0.05, 0) is 47.3 Å². The van der Waals surface area contributed by atoms with Crippen LogP contribution in [-0.4, -0.2) is 28.0 Å². The summed E-state index contributed by atoms with van der Waals surface area (Å²) in [6.45, 7) is 2.31. The second-order valence-electron chi connectivity index (χ2n) is 5.45. The molecule has 0 unspecified atom stereocenters. The number of hydrogen-bond acceptors (Lipinski definition) is 7. The van der Waals surface area contributed by atoms with Crippen LogP contribution in [-0.2, 0) is 17.8 Å². The van der Waals surface area contributed by atoms with E-state index in [1.54, 1.807) is 24.3 Å². The Bertz CT molecular complexity index is 880. The highest BCUT2D eigenvalue weighted by atomic mass is 32.1. The molecule has 3 rings (SSSR count). The molecule has 0 saturated carbocycles. The lowest BCUT2D eigenvalue weighted by molar-refractivity contribution is 0.118. The van der Waals surface area contributed by atoms with Crippen LogP contribution >= 0.6 is 11.3 Å². The van der Waals surface area contributed by atoms with Crippen LogP contribution in [0, 0.1) is 12.7 Å². The number of aromatic nitrogens is 2. The third kappa shape index (κ3) is 4.51. The maximum atomic E-state index is 13.4. The molecule has 0 fully saturated rings. The Labute approximate surface area is 153 Å². The van der Waals surface area contributed by atoms with Gasteiger partial charge in [0.05, 0.1) is 18.9 Å². The number of hydroxylamine groups is 1. The summed E-state index contributed by atoms with van der Waals surface area (Å²) in [7, 11) is 0. The van der Waals surface area contributed by atoms with E-state index in [1.165, 1.54) is 17.0 Å². The van der Waals surface area contributed by atoms with E-state index in [9.17, 15) is 9.60 Å². The van der Waals surface area contributed by atoms with Gasteiger partial charge in [0, 0.05) is 11.3 Å². The van der Waals surface area contributed by atoms with Crippen molar-refractivity contribution >= 4 is 22.9 Å². The summed E-state index contributed by atoms with van der Waals surface area (Å²) in [6, 6.07) is 8.38. The maximum absolute atomic E-state index is 13.4. The zero-order chi connectivity index (χ0) is 18.4. The van der Waals surface area contributed by atoms with Crippen LogP contribution in [0.4, 0.5) is 10.1 Å². The van der Waals surface area contributed by atoms with Crippen LogP contribution in [0.1, 0.15) is 21.8 Å². The SMILES string of the molecule is Cc1cc(N=C(NO)c2nonc2COCCc2cccs2)ccc1F. The third-order valence-corrected chi connectivity index (χ3v) is 4.52. The molecule has 136 valence electrons. The van der Waals surface area contributed by atoms with Crippen LogP contribution < -0.4 is 5.48 Å². The highest BCUT2D eigenvalue weighted by molar-refractivity contribution is 7.09. The minimum absolute atomic E-state index is 0.0362. The number of aliphatic imine (C=N–C) groups is 1. The standard InChI is InChI=1S/C17H17FN4O3S/c1-11-9-12(4-5-14(11)18)19-17(20-23)16-15(21-25-22-16)10-24-7-6-13-3-2-8-26-13/h2-5,8-9,23H,6-7,10H2,1H3,(H,19,20). The van der Waals surface area contributed by atoms with Crippen molar-refractivity contribution in [3.8, 4) is 0 Å². The van der Waals surface area contributed by atoms with Crippen molar-refractivity contribution in [3.05, 3.63) is 63.4 Å². The van der Waals surface area contributed by atoms with E-state index in [2.05, 4.69) is 15.3 Å². The molecule has 0 amide bonds. The van der Waals surface area contributed by atoms with Crippen molar-refractivity contribution < 1.29 is 19.0 Å². The molecule has 0 saturated heterocycles. The first-order chi connectivity index (χ1) is 12.7. The number of ether oxygens (including phenoxy) is 1. The predicted molar refractivity (Wildman–Crippen MR) is 94.2 cm³/mol. The van der Waals surface area contributed by atoms with E-state index in [1.807, 2.05) is 23.0 Å². The van der Waals surface area contributed by atoms with E-state index >= 15 is 0 Å². The largest absolute Gasteiger partial charge is 0.375 e. The van der Waals surface area contributed by atoms with Crippen LogP contribution in [0.2, 0.25) is 0 Å². The Hall–Kier alpha value is -2.62. The number of rotatable bonds is 7. The van der Waals surface area contributed by atoms with Crippen LogP contribution in [0.3, 0.4) is 0 Å². The molecule has 3 aromatic rings. The molecular formula is C17H17FN4O3S. The number of hydrogen-bond donors (Lipinski definition) is 2. The maximum Gasteiger partial charge on any atom is 0.182 e. The molecule has 0 bridgehead atoms. The van der Waals surface area contributed by atoms with Gasteiger partial charge in [-0.15, -0.1) is 11.3 Å². The average molecular weight is 376 g/mol. The topological polar surface area (TPSA) is 92.8 Å². The van der Waals surface area contributed by atoms with Gasteiger partial charge in [-0.25, -0.2) is 14.0 Å². The van der Waals surface area contributed by atoms with Gasteiger partial charge in [0.15, 0.2) is 11.5 Å². The van der Waals surface area contributed by atoms with Gasteiger partial charge in [0.25, 0.3) is 0 Å². The molecule has 9 heteroatoms. The molecule has 2 aromatic heterocycles. The van der Waals surface area contributed by atoms with E-state index in [-0.39, 0.29) is 24.0 Å². The fourth-order valence-corrected chi connectivity index (χ4v) is 2.93. The van der Waals surface area contributed by atoms with Gasteiger partial charge in [-0.3, -0.25) is 10.7 Å². The van der Waals surface area contributed by atoms with Crippen LogP contribution in [0.5, 0.6) is 0 Å². The van der Waals surface area contributed by atoms with Gasteiger partial charge in [0.1, 0.15) is 11.5 Å². The number of benzene rings is 1. The first-order valence-electron chi connectivity index (χ1n) is 7.84. The number of thiophene rings is 1. The van der Waals surface area contributed by atoms with Gasteiger partial charge >= 0.3 is 0 Å². The molecule has 0 atom stereocenters. The lowest BCUT2D eigenvalue weighted by Gasteiger charge is -2.05. The minimum Gasteiger partial charge on any atom is -0.375 e. The predicted octanol–water partition coefficient (Wildman–Crippen LogP) is 3.40. The Morgan fingerprint density at radius 2 is 2.27 bits per heavy atom. The van der Waals surface area contributed by atoms with E-state index in [0.717, 1.165) is 6.42 Å². The van der Waals surface area contributed by atoms with Gasteiger partial charge in [-0.1, -0.05) is 11.2 Å². The third-order valence-electron chi connectivity index (χ3n) is 3.58. The molecular weight excluding hydrogens is 359 g/mol. The molecule has 0 aliphatic heterocycles. The second kappa shape index (κ2) is 8.65. The van der Waals surface area contributed by atoms with Gasteiger partial charge < -0.3 is 4.74 Å². The average Bonchev–Trinajstić information content (AvgIpc) is 3.31. The van der Waals surface area contributed by atoms with Crippen molar-refractivity contribution in [2.24, 2.45) is 4.99 Å². The molecule has 1 aromatic carbocycles. The lowest BCUT2D eigenvalue weighted by Crippen LogP contribution is -2.22. The fourth-order valence-electron chi connectivity index (χ4n) is 2.24. The number of halogens is 1. The quantitative estimate of drug-likeness (QED) is 0.284. The molecule has 7 nitrogen and oxygen atoms in total. The summed E-state index contributed by atoms with van der Waals surface area (Å²) in [5, 5.41) is 19.0. The number of amidine groups is 1. The Balaban J connectivity index is 1.68. The van der Waals surface area contributed by atoms with Crippen molar-refractivity contribution in [3.63, 3.8) is 0 Å². The molecule has 2 heterocycles. The Kier molecular flexibility index (Phi) is 6.05. The molecule has 0 aliphatic rings. The zero-order valence-corrected chi connectivity index (χ0v) is 14.8. The van der Waals surface area contributed by atoms with Gasteiger partial charge in [-0.2, -0.15) is 0 Å². The molecule has 0 radical (unpaired) electrons. The van der Waals surface area contributed by atoms with Crippen molar-refractivity contribution in [1.82, 2.24) is 15.8 Å². The van der Waals surface area contributed by atoms with E-state index < -0.39 is 0 Å². The first kappa shape index (κ1) is 18.2. The fraction of sp³-hybridized carbons (Fsp3) is 0.235. The smallest absolute Gasteiger partial charge is 0.182 e. The molecule has 0 spiro atoms. The van der Waals surface area contributed by atoms with Crippen LogP contribution in [0.25, 0.3) is 0 Å². The van der Waals surface area contributed by atoms with Crippen molar-refractivity contribution in [2.75, 3.05) is 6.61 Å².